The number of carboxylic acids is 1. The van der Waals surface area contributed by atoms with Crippen LogP contribution in [0.25, 0.3) is 0 Å². The molecule has 0 saturated carbocycles. The van der Waals surface area contributed by atoms with E-state index in [9.17, 15) is 29.4 Å². The van der Waals surface area contributed by atoms with Gasteiger partial charge in [0.2, 0.25) is 17.7 Å². The lowest BCUT2D eigenvalue weighted by Gasteiger charge is -2.25. The number of hydrogen-bond acceptors (Lipinski definition) is 9. The molecule has 1 aromatic rings. The van der Waals surface area contributed by atoms with Crippen molar-refractivity contribution in [2.75, 3.05) is 24.0 Å². The van der Waals surface area contributed by atoms with Gasteiger partial charge >= 0.3 is 5.97 Å². The number of nitrogens with one attached hydrogen (secondary N) is 4. The highest BCUT2D eigenvalue weighted by Gasteiger charge is 2.32. The molecular formula is C20H34N6O6S2. The summed E-state index contributed by atoms with van der Waals surface area (Å²) in [5, 5.41) is 26.5. The fraction of sp³-hybridized carbons (Fsp3) is 0.650. The number of carbonyl (C=O) groups is 4. The van der Waals surface area contributed by atoms with Crippen molar-refractivity contribution >= 4 is 47.2 Å². The molecule has 14 heteroatoms. The minimum Gasteiger partial charge on any atom is -0.480 e. The molecular weight excluding hydrogens is 484 g/mol. The predicted molar refractivity (Wildman–Crippen MR) is 131 cm³/mol. The number of nitrogens with two attached hydrogens (primary N) is 1. The highest BCUT2D eigenvalue weighted by atomic mass is 32.2. The SMILES string of the molecule is CSCCC(N)C(=O)NC(CCSC)C(=O)NC(Cc1cnc[nH]1)C(=O)NC(C(=O)O)C(C)O. The van der Waals surface area contributed by atoms with E-state index < -0.39 is 54.0 Å². The minimum atomic E-state index is -1.56. The number of aliphatic hydroxyl groups is 1. The molecule has 0 spiro atoms. The summed E-state index contributed by atoms with van der Waals surface area (Å²) in [6.07, 6.45) is 6.01. The van der Waals surface area contributed by atoms with Crippen LogP contribution in [0.5, 0.6) is 0 Å². The lowest BCUT2D eigenvalue weighted by Crippen LogP contribution is -2.59. The molecule has 0 saturated heterocycles. The molecule has 0 radical (unpaired) electrons. The number of aliphatic carboxylic acids is 1. The van der Waals surface area contributed by atoms with E-state index >= 15 is 0 Å². The Kier molecular flexibility index (Phi) is 13.6. The van der Waals surface area contributed by atoms with Crippen molar-refractivity contribution in [1.82, 2.24) is 25.9 Å². The molecule has 0 fully saturated rings. The third-order valence-electron chi connectivity index (χ3n) is 4.87. The number of aliphatic hydroxyl groups excluding tert-OH is 1. The quantitative estimate of drug-likeness (QED) is 0.138. The Morgan fingerprint density at radius 1 is 1.03 bits per heavy atom. The van der Waals surface area contributed by atoms with Crippen LogP contribution in [0, 0.1) is 0 Å². The first-order valence-electron chi connectivity index (χ1n) is 10.6. The summed E-state index contributed by atoms with van der Waals surface area (Å²) in [5.74, 6) is -2.04. The summed E-state index contributed by atoms with van der Waals surface area (Å²) in [7, 11) is 0. The van der Waals surface area contributed by atoms with Crippen molar-refractivity contribution in [2.24, 2.45) is 5.73 Å². The number of imidazole rings is 1. The summed E-state index contributed by atoms with van der Waals surface area (Å²) in [4.78, 5) is 56.5. The maximum absolute atomic E-state index is 13.1. The maximum atomic E-state index is 13.1. The van der Waals surface area contributed by atoms with Gasteiger partial charge in [-0.15, -0.1) is 0 Å². The molecule has 192 valence electrons. The van der Waals surface area contributed by atoms with Gasteiger partial charge < -0.3 is 36.9 Å². The van der Waals surface area contributed by atoms with Crippen molar-refractivity contribution in [3.05, 3.63) is 18.2 Å². The average Bonchev–Trinajstić information content (AvgIpc) is 3.30. The largest absolute Gasteiger partial charge is 0.480 e. The van der Waals surface area contributed by atoms with Crippen molar-refractivity contribution < 1.29 is 29.4 Å². The van der Waals surface area contributed by atoms with Crippen LogP contribution < -0.4 is 21.7 Å². The molecule has 0 aromatic carbocycles. The van der Waals surface area contributed by atoms with Gasteiger partial charge in [0.15, 0.2) is 6.04 Å². The van der Waals surface area contributed by atoms with Crippen LogP contribution >= 0.6 is 23.5 Å². The van der Waals surface area contributed by atoms with Crippen molar-refractivity contribution in [3.63, 3.8) is 0 Å². The second-order valence-electron chi connectivity index (χ2n) is 7.64. The first-order chi connectivity index (χ1) is 16.1. The predicted octanol–water partition coefficient (Wildman–Crippen LogP) is -1.29. The molecule has 0 aliphatic rings. The van der Waals surface area contributed by atoms with E-state index in [1.54, 1.807) is 11.8 Å². The van der Waals surface area contributed by atoms with Crippen molar-refractivity contribution in [2.45, 2.75) is 56.5 Å². The molecule has 8 N–H and O–H groups in total. The molecule has 1 rings (SSSR count). The molecule has 1 heterocycles. The third-order valence-corrected chi connectivity index (χ3v) is 6.16. The van der Waals surface area contributed by atoms with Gasteiger partial charge in [-0.25, -0.2) is 9.78 Å². The molecule has 5 unspecified atom stereocenters. The molecule has 5 atom stereocenters. The van der Waals surface area contributed by atoms with Gasteiger partial charge in [-0.05, 0) is 43.8 Å². The fourth-order valence-corrected chi connectivity index (χ4v) is 3.86. The number of aromatic nitrogens is 2. The zero-order valence-corrected chi connectivity index (χ0v) is 21.1. The monoisotopic (exact) mass is 518 g/mol. The number of nitrogens with zero attached hydrogens (tertiary/aromatic N) is 1. The minimum absolute atomic E-state index is 0.0137. The number of carbonyl (C=O) groups excluding carboxylic acids is 3. The van der Waals surface area contributed by atoms with Crippen LogP contribution in [0.1, 0.15) is 25.5 Å². The summed E-state index contributed by atoms with van der Waals surface area (Å²) in [5.41, 5.74) is 6.44. The Hall–Kier alpha value is -2.29. The summed E-state index contributed by atoms with van der Waals surface area (Å²) >= 11 is 3.04. The topological polar surface area (TPSA) is 200 Å². The number of rotatable bonds is 16. The second-order valence-corrected chi connectivity index (χ2v) is 9.61. The van der Waals surface area contributed by atoms with Gasteiger partial charge in [-0.1, -0.05) is 0 Å². The van der Waals surface area contributed by atoms with Crippen LogP contribution in [-0.4, -0.2) is 98.2 Å². The van der Waals surface area contributed by atoms with E-state index in [0.717, 1.165) is 0 Å². The molecule has 0 aliphatic carbocycles. The third kappa shape index (κ3) is 10.3. The van der Waals surface area contributed by atoms with E-state index in [-0.39, 0.29) is 6.42 Å². The average molecular weight is 519 g/mol. The Bertz CT molecular complexity index is 795. The lowest BCUT2D eigenvalue weighted by atomic mass is 10.1. The summed E-state index contributed by atoms with van der Waals surface area (Å²) in [6, 6.07) is -4.46. The molecule has 1 aromatic heterocycles. The summed E-state index contributed by atoms with van der Waals surface area (Å²) in [6.45, 7) is 1.23. The van der Waals surface area contributed by atoms with E-state index in [0.29, 0.717) is 30.0 Å². The number of hydrogen-bond donors (Lipinski definition) is 7. The Morgan fingerprint density at radius 2 is 1.62 bits per heavy atom. The normalized spacial score (nSPS) is 15.4. The highest BCUT2D eigenvalue weighted by Crippen LogP contribution is 2.06. The van der Waals surface area contributed by atoms with Crippen LogP contribution in [0.4, 0.5) is 0 Å². The van der Waals surface area contributed by atoms with E-state index in [1.807, 2.05) is 12.5 Å². The first kappa shape index (κ1) is 29.7. The van der Waals surface area contributed by atoms with Gasteiger partial charge in [0.1, 0.15) is 12.1 Å². The number of carboxylic acid groups (broad SMARTS) is 1. The zero-order valence-electron chi connectivity index (χ0n) is 19.4. The first-order valence-corrected chi connectivity index (χ1v) is 13.4. The highest BCUT2D eigenvalue weighted by molar-refractivity contribution is 7.98. The second kappa shape index (κ2) is 15.6. The van der Waals surface area contributed by atoms with Crippen LogP contribution in [0.15, 0.2) is 12.5 Å². The number of H-pyrrole nitrogens is 1. The van der Waals surface area contributed by atoms with Crippen molar-refractivity contribution in [3.8, 4) is 0 Å². The lowest BCUT2D eigenvalue weighted by molar-refractivity contribution is -0.145. The van der Waals surface area contributed by atoms with Crippen molar-refractivity contribution in [1.29, 1.82) is 0 Å². The molecule has 0 bridgehead atoms. The number of thioether (sulfide) groups is 2. The smallest absolute Gasteiger partial charge is 0.328 e. The van der Waals surface area contributed by atoms with E-state index in [4.69, 9.17) is 5.73 Å². The number of aromatic amines is 1. The Balaban J connectivity index is 3.01. The van der Waals surface area contributed by atoms with Gasteiger partial charge in [0.25, 0.3) is 0 Å². The van der Waals surface area contributed by atoms with Crippen LogP contribution in [-0.2, 0) is 25.6 Å². The van der Waals surface area contributed by atoms with Gasteiger partial charge in [0.05, 0.1) is 18.5 Å². The van der Waals surface area contributed by atoms with Gasteiger partial charge in [-0.2, -0.15) is 23.5 Å². The fourth-order valence-electron chi connectivity index (χ4n) is 2.90. The van der Waals surface area contributed by atoms with Gasteiger partial charge in [-0.3, -0.25) is 14.4 Å². The summed E-state index contributed by atoms with van der Waals surface area (Å²) < 4.78 is 0. The molecule has 12 nitrogen and oxygen atoms in total. The molecule has 3 amide bonds. The van der Waals surface area contributed by atoms with E-state index in [2.05, 4.69) is 25.9 Å². The van der Waals surface area contributed by atoms with Gasteiger partial charge in [0, 0.05) is 18.3 Å². The van der Waals surface area contributed by atoms with E-state index in [1.165, 1.54) is 31.2 Å². The molecule has 34 heavy (non-hydrogen) atoms. The molecule has 0 aliphatic heterocycles. The Labute approximate surface area is 207 Å². The standard InChI is InChI=1S/C20H34N6O6S2/c1-11(27)16(20(31)32)26-19(30)15(8-12-9-22-10-23-12)25-18(29)14(5-7-34-3)24-17(28)13(21)4-6-33-2/h9-11,13-16,27H,4-8,21H2,1-3H3,(H,22,23)(H,24,28)(H,25,29)(H,26,30)(H,31,32). The van der Waals surface area contributed by atoms with Crippen LogP contribution in [0.2, 0.25) is 0 Å². The van der Waals surface area contributed by atoms with Crippen LogP contribution in [0.3, 0.4) is 0 Å². The zero-order chi connectivity index (χ0) is 25.7. The number of amides is 3. The Morgan fingerprint density at radius 3 is 2.15 bits per heavy atom. The maximum Gasteiger partial charge on any atom is 0.328 e.